The maximum atomic E-state index is 12.6. The molecule has 2 atom stereocenters. The SMILES string of the molecule is CN1C(=O)C2C(=NC3=[N+]2CC(O)CN3c2ccc(O)cc2)N(C)C1=O. The van der Waals surface area contributed by atoms with Crippen molar-refractivity contribution in [2.24, 2.45) is 4.99 Å². The van der Waals surface area contributed by atoms with Gasteiger partial charge < -0.3 is 10.2 Å². The van der Waals surface area contributed by atoms with Gasteiger partial charge in [0.1, 0.15) is 24.1 Å². The first-order chi connectivity index (χ1) is 11.9. The topological polar surface area (TPSA) is 99.7 Å². The van der Waals surface area contributed by atoms with Crippen LogP contribution in [0, 0.1) is 0 Å². The lowest BCUT2D eigenvalue weighted by molar-refractivity contribution is -0.547. The number of guanidine groups is 1. The Morgan fingerprint density at radius 1 is 1.16 bits per heavy atom. The van der Waals surface area contributed by atoms with Crippen molar-refractivity contribution in [2.75, 3.05) is 32.1 Å². The molecule has 0 saturated carbocycles. The van der Waals surface area contributed by atoms with Crippen molar-refractivity contribution < 1.29 is 24.4 Å². The minimum atomic E-state index is -0.725. The first-order valence-corrected chi connectivity index (χ1v) is 7.90. The Bertz CT molecular complexity index is 831. The number of amidine groups is 1. The molecule has 3 aliphatic heterocycles. The van der Waals surface area contributed by atoms with Gasteiger partial charge in [0, 0.05) is 14.1 Å². The highest BCUT2D eigenvalue weighted by Gasteiger charge is 2.54. The van der Waals surface area contributed by atoms with Crippen molar-refractivity contribution in [3.8, 4) is 5.75 Å². The third-order valence-electron chi connectivity index (χ3n) is 4.71. The van der Waals surface area contributed by atoms with E-state index in [4.69, 9.17) is 0 Å². The minimum absolute atomic E-state index is 0.136. The average molecular weight is 344 g/mol. The molecule has 1 aromatic carbocycles. The molecule has 9 nitrogen and oxygen atoms in total. The molecule has 0 aliphatic carbocycles. The largest absolute Gasteiger partial charge is 0.508 e. The van der Waals surface area contributed by atoms with Gasteiger partial charge in [0.15, 0.2) is 0 Å². The predicted octanol–water partition coefficient (Wildman–Crippen LogP) is -0.754. The van der Waals surface area contributed by atoms with Gasteiger partial charge in [-0.1, -0.05) is 4.99 Å². The van der Waals surface area contributed by atoms with Crippen LogP contribution in [-0.2, 0) is 4.79 Å². The zero-order chi connectivity index (χ0) is 17.9. The van der Waals surface area contributed by atoms with E-state index < -0.39 is 18.2 Å². The number of nitrogens with zero attached hydrogens (tertiary/aromatic N) is 5. The molecular weight excluding hydrogens is 326 g/mol. The number of benzene rings is 1. The van der Waals surface area contributed by atoms with E-state index in [0.717, 1.165) is 10.6 Å². The zero-order valence-corrected chi connectivity index (χ0v) is 13.8. The smallest absolute Gasteiger partial charge is 0.397 e. The van der Waals surface area contributed by atoms with E-state index >= 15 is 0 Å². The fraction of sp³-hybridized carbons (Fsp3) is 0.375. The van der Waals surface area contributed by atoms with Crippen molar-refractivity contribution in [3.05, 3.63) is 24.3 Å². The van der Waals surface area contributed by atoms with Crippen molar-refractivity contribution in [1.82, 2.24) is 9.80 Å². The molecule has 2 unspecified atom stereocenters. The fourth-order valence-corrected chi connectivity index (χ4v) is 3.42. The van der Waals surface area contributed by atoms with E-state index in [-0.39, 0.29) is 18.2 Å². The number of phenolic OH excluding ortho intramolecular Hbond substituents is 1. The van der Waals surface area contributed by atoms with Crippen LogP contribution in [0.15, 0.2) is 29.3 Å². The molecule has 2 N–H and O–H groups in total. The summed E-state index contributed by atoms with van der Waals surface area (Å²) in [4.78, 5) is 33.5. The average Bonchev–Trinajstić information content (AvgIpc) is 2.97. The minimum Gasteiger partial charge on any atom is -0.508 e. The van der Waals surface area contributed by atoms with Gasteiger partial charge in [-0.3, -0.25) is 14.6 Å². The molecule has 0 spiro atoms. The predicted molar refractivity (Wildman–Crippen MR) is 88.7 cm³/mol. The highest BCUT2D eigenvalue weighted by Crippen LogP contribution is 2.27. The Morgan fingerprint density at radius 2 is 1.84 bits per heavy atom. The van der Waals surface area contributed by atoms with Crippen molar-refractivity contribution in [3.63, 3.8) is 0 Å². The summed E-state index contributed by atoms with van der Waals surface area (Å²) in [6.07, 6.45) is -0.687. The molecule has 0 bridgehead atoms. The van der Waals surface area contributed by atoms with E-state index in [2.05, 4.69) is 4.99 Å². The number of rotatable bonds is 1. The van der Waals surface area contributed by atoms with Crippen LogP contribution in [-0.4, -0.2) is 87.7 Å². The van der Waals surface area contributed by atoms with Crippen molar-refractivity contribution in [1.29, 1.82) is 0 Å². The molecular formula is C16H18N5O4+. The maximum absolute atomic E-state index is 12.6. The Morgan fingerprint density at radius 3 is 2.52 bits per heavy atom. The van der Waals surface area contributed by atoms with Gasteiger partial charge in [-0.05, 0) is 24.3 Å². The Labute approximate surface area is 143 Å². The molecule has 0 aromatic heterocycles. The second kappa shape index (κ2) is 5.28. The van der Waals surface area contributed by atoms with Gasteiger partial charge in [0.2, 0.25) is 11.9 Å². The number of amides is 3. The molecule has 1 aromatic rings. The number of fused-ring (bicyclic) bond motifs is 2. The molecule has 9 heteroatoms. The monoisotopic (exact) mass is 344 g/mol. The Hall–Kier alpha value is -2.94. The standard InChI is InChI=1S/C16H17N5O4/c1-18-13-12(14(24)19(2)16(18)25)21-8-11(23)7-20(15(21)17-13)9-3-5-10(22)6-4-9/h3-6,11-12,23H,7-8H2,1-2H3/p+1. The molecule has 1 saturated heterocycles. The van der Waals surface area contributed by atoms with Crippen LogP contribution in [0.25, 0.3) is 0 Å². The summed E-state index contributed by atoms with van der Waals surface area (Å²) in [6, 6.07) is 5.36. The third kappa shape index (κ3) is 2.19. The Balaban J connectivity index is 1.81. The highest BCUT2D eigenvalue weighted by atomic mass is 16.3. The van der Waals surface area contributed by atoms with Crippen LogP contribution in [0.2, 0.25) is 0 Å². The van der Waals surface area contributed by atoms with E-state index in [1.165, 1.54) is 11.9 Å². The number of hydrogen-bond donors (Lipinski definition) is 2. The molecule has 0 radical (unpaired) electrons. The van der Waals surface area contributed by atoms with Gasteiger partial charge >= 0.3 is 12.0 Å². The number of carbonyl (C=O) groups excluding carboxylic acids is 2. The van der Waals surface area contributed by atoms with E-state index in [1.54, 1.807) is 40.8 Å². The maximum Gasteiger partial charge on any atom is 0.397 e. The molecule has 3 heterocycles. The van der Waals surface area contributed by atoms with Gasteiger partial charge in [0.05, 0.1) is 6.54 Å². The molecule has 1 fully saturated rings. The molecule has 4 rings (SSSR count). The molecule has 25 heavy (non-hydrogen) atoms. The van der Waals surface area contributed by atoms with Crippen LogP contribution in [0.4, 0.5) is 10.5 Å². The first kappa shape index (κ1) is 15.6. The lowest BCUT2D eigenvalue weighted by Gasteiger charge is -2.33. The summed E-state index contributed by atoms with van der Waals surface area (Å²) in [6.45, 7) is 0.561. The number of anilines is 1. The number of phenols is 1. The van der Waals surface area contributed by atoms with Gasteiger partial charge in [-0.15, -0.1) is 0 Å². The van der Waals surface area contributed by atoms with Crippen LogP contribution >= 0.6 is 0 Å². The molecule has 130 valence electrons. The third-order valence-corrected chi connectivity index (χ3v) is 4.71. The van der Waals surface area contributed by atoms with E-state index in [1.807, 2.05) is 0 Å². The fourth-order valence-electron chi connectivity index (χ4n) is 3.42. The summed E-state index contributed by atoms with van der Waals surface area (Å²) in [7, 11) is 3.02. The van der Waals surface area contributed by atoms with Crippen LogP contribution in [0.1, 0.15) is 0 Å². The van der Waals surface area contributed by atoms with Gasteiger partial charge in [-0.2, -0.15) is 0 Å². The van der Waals surface area contributed by atoms with Crippen molar-refractivity contribution in [2.45, 2.75) is 12.1 Å². The second-order valence-electron chi connectivity index (χ2n) is 6.34. The first-order valence-electron chi connectivity index (χ1n) is 7.90. The number of β-amino-alcohol motifs (C(OH)–C–C–N with tert-alkyl or cyclic N) is 1. The zero-order valence-electron chi connectivity index (χ0n) is 13.8. The number of urea groups is 1. The number of aromatic hydroxyl groups is 1. The summed E-state index contributed by atoms with van der Waals surface area (Å²) >= 11 is 0. The number of aliphatic hydroxyl groups is 1. The quantitative estimate of drug-likeness (QED) is 0.653. The van der Waals surface area contributed by atoms with Gasteiger partial charge in [-0.25, -0.2) is 14.3 Å². The number of hydrogen-bond acceptors (Lipinski definition) is 6. The second-order valence-corrected chi connectivity index (χ2v) is 6.34. The molecule has 3 amide bonds. The summed E-state index contributed by atoms with van der Waals surface area (Å²) in [5.74, 6) is 0.647. The van der Waals surface area contributed by atoms with Crippen LogP contribution in [0.5, 0.6) is 5.75 Å². The van der Waals surface area contributed by atoms with Gasteiger partial charge in [0.25, 0.3) is 5.91 Å². The summed E-state index contributed by atoms with van der Waals surface area (Å²) in [5.41, 5.74) is 0.731. The summed E-state index contributed by atoms with van der Waals surface area (Å²) in [5, 5.41) is 19.8. The Kier molecular flexibility index (Phi) is 3.29. The number of aliphatic imine (C=N–C) groups is 1. The number of imide groups is 1. The normalized spacial score (nSPS) is 26.0. The highest BCUT2D eigenvalue weighted by molar-refractivity contribution is 6.23. The number of likely N-dealkylation sites (N-methyl/N-ethyl adjacent to an activating group) is 2. The summed E-state index contributed by atoms with van der Waals surface area (Å²) < 4.78 is 1.72. The van der Waals surface area contributed by atoms with Crippen LogP contribution in [0.3, 0.4) is 0 Å². The van der Waals surface area contributed by atoms with E-state index in [9.17, 15) is 19.8 Å². The lowest BCUT2D eigenvalue weighted by atomic mass is 10.1. The van der Waals surface area contributed by atoms with Crippen molar-refractivity contribution >= 4 is 29.4 Å². The number of carbonyl (C=O) groups is 2. The lowest BCUT2D eigenvalue weighted by Crippen LogP contribution is -2.63. The van der Waals surface area contributed by atoms with Crippen LogP contribution < -0.4 is 4.90 Å². The number of aliphatic hydroxyl groups excluding tert-OH is 1. The van der Waals surface area contributed by atoms with E-state index in [0.29, 0.717) is 18.3 Å². The molecule has 3 aliphatic rings.